The van der Waals surface area contributed by atoms with Crippen LogP contribution in [0.5, 0.6) is 0 Å². The van der Waals surface area contributed by atoms with Gasteiger partial charge in [-0.05, 0) is 38.8 Å². The molecular weight excluding hydrogens is 418 g/mol. The second-order valence-electron chi connectivity index (χ2n) is 7.87. The molecule has 32 heavy (non-hydrogen) atoms. The summed E-state index contributed by atoms with van der Waals surface area (Å²) in [5.74, 6) is 1.00. The number of benzene rings is 2. The summed E-state index contributed by atoms with van der Waals surface area (Å²) in [5, 5.41) is 10.6. The molecule has 0 saturated carbocycles. The van der Waals surface area contributed by atoms with Gasteiger partial charge in [0, 0.05) is 37.2 Å². The Hall–Kier alpha value is -2.93. The van der Waals surface area contributed by atoms with Crippen LogP contribution in [0.2, 0.25) is 0 Å². The van der Waals surface area contributed by atoms with Gasteiger partial charge in [0.25, 0.3) is 0 Å². The van der Waals surface area contributed by atoms with Gasteiger partial charge < -0.3 is 9.47 Å². The van der Waals surface area contributed by atoms with Crippen LogP contribution in [0.4, 0.5) is 0 Å². The summed E-state index contributed by atoms with van der Waals surface area (Å²) in [4.78, 5) is 18.9. The molecular formula is C25H29N5OS. The highest BCUT2D eigenvalue weighted by Gasteiger charge is 2.15. The molecule has 2 aromatic carbocycles. The van der Waals surface area contributed by atoms with Crippen molar-refractivity contribution in [1.82, 2.24) is 24.6 Å². The lowest BCUT2D eigenvalue weighted by molar-refractivity contribution is -0.130. The molecule has 4 aromatic rings. The number of carbonyl (C=O) groups is 1. The number of rotatable bonds is 9. The SMILES string of the molecule is CCN(CC)C(=O)CCCSc1nnc2c3ccccc3n(Cc3ccc(C)cc3)c2n1. The smallest absolute Gasteiger partial charge is 0.222 e. The molecule has 0 fully saturated rings. The third-order valence-electron chi connectivity index (χ3n) is 5.70. The first-order valence-electron chi connectivity index (χ1n) is 11.2. The maximum absolute atomic E-state index is 12.2. The van der Waals surface area contributed by atoms with Crippen LogP contribution in [0.3, 0.4) is 0 Å². The van der Waals surface area contributed by atoms with Gasteiger partial charge in [0.15, 0.2) is 5.65 Å². The fourth-order valence-electron chi connectivity index (χ4n) is 3.91. The van der Waals surface area contributed by atoms with Gasteiger partial charge >= 0.3 is 0 Å². The number of para-hydroxylation sites is 1. The molecule has 1 amide bonds. The fourth-order valence-corrected chi connectivity index (χ4v) is 4.63. The van der Waals surface area contributed by atoms with Crippen molar-refractivity contribution in [2.75, 3.05) is 18.8 Å². The van der Waals surface area contributed by atoms with E-state index in [1.165, 1.54) is 11.1 Å². The van der Waals surface area contributed by atoms with Crippen LogP contribution in [0.15, 0.2) is 53.7 Å². The maximum Gasteiger partial charge on any atom is 0.222 e. The van der Waals surface area contributed by atoms with Gasteiger partial charge in [-0.2, -0.15) is 0 Å². The zero-order valence-electron chi connectivity index (χ0n) is 18.9. The third-order valence-corrected chi connectivity index (χ3v) is 6.62. The Bertz CT molecular complexity index is 1210. The average molecular weight is 448 g/mol. The minimum Gasteiger partial charge on any atom is -0.343 e. The molecule has 2 heterocycles. The number of amides is 1. The van der Waals surface area contributed by atoms with Crippen molar-refractivity contribution in [3.05, 3.63) is 59.7 Å². The molecule has 0 unspecified atom stereocenters. The Morgan fingerprint density at radius 1 is 1.03 bits per heavy atom. The van der Waals surface area contributed by atoms with E-state index in [0.717, 1.165) is 53.9 Å². The van der Waals surface area contributed by atoms with E-state index in [0.29, 0.717) is 11.6 Å². The number of hydrogen-bond donors (Lipinski definition) is 0. The quantitative estimate of drug-likeness (QED) is 0.265. The Morgan fingerprint density at radius 3 is 2.53 bits per heavy atom. The van der Waals surface area contributed by atoms with Gasteiger partial charge in [0.1, 0.15) is 5.52 Å². The van der Waals surface area contributed by atoms with E-state index in [1.807, 2.05) is 30.9 Å². The lowest BCUT2D eigenvalue weighted by Gasteiger charge is -2.18. The molecule has 7 heteroatoms. The van der Waals surface area contributed by atoms with Gasteiger partial charge in [-0.25, -0.2) is 4.98 Å². The van der Waals surface area contributed by atoms with Gasteiger partial charge in [-0.1, -0.05) is 59.8 Å². The van der Waals surface area contributed by atoms with E-state index >= 15 is 0 Å². The molecule has 0 radical (unpaired) electrons. The summed E-state index contributed by atoms with van der Waals surface area (Å²) in [7, 11) is 0. The van der Waals surface area contributed by atoms with Crippen LogP contribution in [0.1, 0.15) is 37.8 Å². The van der Waals surface area contributed by atoms with Crippen LogP contribution >= 0.6 is 11.8 Å². The second kappa shape index (κ2) is 10.1. The number of nitrogens with zero attached hydrogens (tertiary/aromatic N) is 5. The minimum atomic E-state index is 0.211. The van der Waals surface area contributed by atoms with Crippen molar-refractivity contribution in [3.63, 3.8) is 0 Å². The lowest BCUT2D eigenvalue weighted by atomic mass is 10.1. The molecule has 2 aromatic heterocycles. The zero-order chi connectivity index (χ0) is 22.5. The third kappa shape index (κ3) is 4.78. The first kappa shape index (κ1) is 22.3. The van der Waals surface area contributed by atoms with Gasteiger partial charge in [0.2, 0.25) is 11.1 Å². The fraction of sp³-hybridized carbons (Fsp3) is 0.360. The number of fused-ring (bicyclic) bond motifs is 3. The Morgan fingerprint density at radius 2 is 1.78 bits per heavy atom. The number of carbonyl (C=O) groups excluding carboxylic acids is 1. The van der Waals surface area contributed by atoms with Crippen LogP contribution < -0.4 is 0 Å². The van der Waals surface area contributed by atoms with Crippen LogP contribution in [-0.2, 0) is 11.3 Å². The summed E-state index contributed by atoms with van der Waals surface area (Å²) in [6, 6.07) is 16.8. The molecule has 0 aliphatic heterocycles. The molecule has 0 aliphatic rings. The molecule has 0 atom stereocenters. The first-order valence-corrected chi connectivity index (χ1v) is 12.2. The lowest BCUT2D eigenvalue weighted by Crippen LogP contribution is -2.30. The first-order chi connectivity index (χ1) is 15.6. The Kier molecular flexibility index (Phi) is 7.05. The standard InChI is InChI=1S/C25H29N5OS/c1-4-29(5-2)22(31)11-8-16-32-25-26-24-23(27-28-25)20-9-6-7-10-21(20)30(24)17-19-14-12-18(3)13-15-19/h6-7,9-10,12-15H,4-5,8,11,16-17H2,1-3H3. The minimum absolute atomic E-state index is 0.211. The summed E-state index contributed by atoms with van der Waals surface area (Å²) >= 11 is 1.56. The zero-order valence-corrected chi connectivity index (χ0v) is 19.7. The second-order valence-corrected chi connectivity index (χ2v) is 8.94. The van der Waals surface area contributed by atoms with E-state index in [2.05, 4.69) is 58.1 Å². The topological polar surface area (TPSA) is 63.9 Å². The van der Waals surface area contributed by atoms with E-state index in [-0.39, 0.29) is 5.91 Å². The van der Waals surface area contributed by atoms with Crippen LogP contribution in [-0.4, -0.2) is 49.4 Å². The highest BCUT2D eigenvalue weighted by atomic mass is 32.2. The molecule has 6 nitrogen and oxygen atoms in total. The monoisotopic (exact) mass is 447 g/mol. The normalized spacial score (nSPS) is 11.3. The molecule has 0 saturated heterocycles. The van der Waals surface area contributed by atoms with E-state index in [9.17, 15) is 4.79 Å². The molecule has 0 bridgehead atoms. The Labute approximate surface area is 193 Å². The number of thioether (sulfide) groups is 1. The van der Waals surface area contributed by atoms with Crippen molar-refractivity contribution in [2.24, 2.45) is 0 Å². The highest BCUT2D eigenvalue weighted by molar-refractivity contribution is 7.99. The van der Waals surface area contributed by atoms with Gasteiger partial charge in [0.05, 0.1) is 5.52 Å². The van der Waals surface area contributed by atoms with Crippen LogP contribution in [0.25, 0.3) is 22.1 Å². The number of hydrogen-bond acceptors (Lipinski definition) is 5. The van der Waals surface area contributed by atoms with Gasteiger partial charge in [-0.3, -0.25) is 4.79 Å². The summed E-state index contributed by atoms with van der Waals surface area (Å²) in [6.07, 6.45) is 1.35. The molecule has 0 spiro atoms. The van der Waals surface area contributed by atoms with Gasteiger partial charge in [-0.15, -0.1) is 10.2 Å². The molecule has 166 valence electrons. The van der Waals surface area contributed by atoms with Crippen molar-refractivity contribution < 1.29 is 4.79 Å². The predicted molar refractivity (Wildman–Crippen MR) is 131 cm³/mol. The summed E-state index contributed by atoms with van der Waals surface area (Å²) in [5.41, 5.74) is 5.26. The van der Waals surface area contributed by atoms with Crippen molar-refractivity contribution in [3.8, 4) is 0 Å². The molecule has 0 N–H and O–H groups in total. The summed E-state index contributed by atoms with van der Waals surface area (Å²) in [6.45, 7) is 8.38. The number of aromatic nitrogens is 4. The average Bonchev–Trinajstić information content (AvgIpc) is 3.12. The predicted octanol–water partition coefficient (Wildman–Crippen LogP) is 5.08. The Balaban J connectivity index is 1.55. The highest BCUT2D eigenvalue weighted by Crippen LogP contribution is 2.28. The molecule has 4 rings (SSSR count). The van der Waals surface area contributed by atoms with Crippen molar-refractivity contribution in [1.29, 1.82) is 0 Å². The largest absolute Gasteiger partial charge is 0.343 e. The number of aryl methyl sites for hydroxylation is 1. The van der Waals surface area contributed by atoms with Crippen molar-refractivity contribution >= 4 is 39.7 Å². The summed E-state index contributed by atoms with van der Waals surface area (Å²) < 4.78 is 2.22. The van der Waals surface area contributed by atoms with Crippen molar-refractivity contribution in [2.45, 2.75) is 45.3 Å². The van der Waals surface area contributed by atoms with E-state index < -0.39 is 0 Å². The van der Waals surface area contributed by atoms with E-state index in [4.69, 9.17) is 4.98 Å². The van der Waals surface area contributed by atoms with E-state index in [1.54, 1.807) is 11.8 Å². The molecule has 0 aliphatic carbocycles. The van der Waals surface area contributed by atoms with Crippen LogP contribution in [0, 0.1) is 6.92 Å². The maximum atomic E-state index is 12.2.